The Bertz CT molecular complexity index is 904. The quantitative estimate of drug-likeness (QED) is 0.704. The molecule has 0 bridgehead atoms. The number of hydrogen-bond acceptors (Lipinski definition) is 3. The molecule has 0 atom stereocenters. The Morgan fingerprint density at radius 2 is 1.83 bits per heavy atom. The van der Waals surface area contributed by atoms with E-state index in [4.69, 9.17) is 17.3 Å². The van der Waals surface area contributed by atoms with E-state index in [0.29, 0.717) is 11.0 Å². The number of nitrogens with zero attached hydrogens (tertiary/aromatic N) is 3. The molecule has 0 aliphatic carbocycles. The maximum Gasteiger partial charge on any atom is 0.147 e. The minimum Gasteiger partial charge on any atom is -0.383 e. The van der Waals surface area contributed by atoms with Gasteiger partial charge in [0.1, 0.15) is 22.9 Å². The van der Waals surface area contributed by atoms with Crippen LogP contribution in [-0.4, -0.2) is 14.5 Å². The largest absolute Gasteiger partial charge is 0.383 e. The molecule has 3 aromatic rings. The van der Waals surface area contributed by atoms with Crippen LogP contribution in [0.4, 0.5) is 5.82 Å². The van der Waals surface area contributed by atoms with Crippen molar-refractivity contribution >= 4 is 28.5 Å². The fourth-order valence-electron chi connectivity index (χ4n) is 3.06. The topological polar surface area (TPSA) is 56.7 Å². The molecule has 3 rings (SSSR count). The van der Waals surface area contributed by atoms with Crippen molar-refractivity contribution in [1.29, 1.82) is 0 Å². The zero-order chi connectivity index (χ0) is 16.9. The lowest BCUT2D eigenvalue weighted by atomic mass is 9.99. The van der Waals surface area contributed by atoms with Gasteiger partial charge in [-0.3, -0.25) is 0 Å². The van der Waals surface area contributed by atoms with Crippen molar-refractivity contribution in [3.05, 3.63) is 40.8 Å². The molecule has 0 aliphatic rings. The minimum atomic E-state index is -0.215. The number of nitrogens with two attached hydrogens (primary N) is 1. The Balaban J connectivity index is 2.49. The molecule has 2 N–H and O–H groups in total. The normalized spacial score (nSPS) is 12.1. The van der Waals surface area contributed by atoms with E-state index in [0.717, 1.165) is 27.7 Å². The summed E-state index contributed by atoms with van der Waals surface area (Å²) in [6, 6.07) is 6.32. The lowest BCUT2D eigenvalue weighted by Gasteiger charge is -2.23. The van der Waals surface area contributed by atoms with Crippen LogP contribution in [-0.2, 0) is 5.54 Å². The second kappa shape index (κ2) is 5.24. The second-order valence-corrected chi connectivity index (χ2v) is 7.31. The first-order valence-corrected chi connectivity index (χ1v) is 7.98. The number of anilines is 1. The summed E-state index contributed by atoms with van der Waals surface area (Å²) in [5.41, 5.74) is 11.1. The molecule has 0 fully saturated rings. The third-order valence-corrected chi connectivity index (χ3v) is 4.40. The molecule has 120 valence electrons. The first-order valence-electron chi connectivity index (χ1n) is 7.60. The summed E-state index contributed by atoms with van der Waals surface area (Å²) < 4.78 is 2.02. The maximum absolute atomic E-state index is 6.79. The van der Waals surface area contributed by atoms with Crippen LogP contribution in [0.1, 0.15) is 31.9 Å². The molecule has 0 saturated heterocycles. The van der Waals surface area contributed by atoms with E-state index in [-0.39, 0.29) is 5.54 Å². The summed E-state index contributed by atoms with van der Waals surface area (Å²) in [6.45, 7) is 10.5. The summed E-state index contributed by atoms with van der Waals surface area (Å²) >= 11 is 6.79. The molecule has 0 aliphatic heterocycles. The van der Waals surface area contributed by atoms with Crippen molar-refractivity contribution in [3.8, 4) is 11.1 Å². The monoisotopic (exact) mass is 328 g/mol. The highest BCUT2D eigenvalue weighted by Crippen LogP contribution is 2.43. The molecule has 0 amide bonds. The molecule has 0 saturated carbocycles. The minimum absolute atomic E-state index is 0.215. The van der Waals surface area contributed by atoms with Crippen LogP contribution in [0.5, 0.6) is 0 Å². The van der Waals surface area contributed by atoms with E-state index >= 15 is 0 Å². The van der Waals surface area contributed by atoms with E-state index in [9.17, 15) is 0 Å². The summed E-state index contributed by atoms with van der Waals surface area (Å²) in [4.78, 5) is 8.62. The molecule has 2 aromatic heterocycles. The van der Waals surface area contributed by atoms with Crippen molar-refractivity contribution in [3.63, 3.8) is 0 Å². The number of aromatic nitrogens is 3. The SMILES string of the molecule is Cc1ccc(-c2c(Cl)n(C(C)(C)C)c3ncnc(N)c23)c(C)c1. The van der Waals surface area contributed by atoms with Gasteiger partial charge in [0.05, 0.1) is 5.39 Å². The highest BCUT2D eigenvalue weighted by atomic mass is 35.5. The zero-order valence-electron chi connectivity index (χ0n) is 14.1. The zero-order valence-corrected chi connectivity index (χ0v) is 14.9. The van der Waals surface area contributed by atoms with Gasteiger partial charge in [-0.1, -0.05) is 35.4 Å². The molecular weight excluding hydrogens is 308 g/mol. The molecule has 5 heteroatoms. The predicted molar refractivity (Wildman–Crippen MR) is 96.9 cm³/mol. The standard InChI is InChI=1S/C18H21ClN4/c1-10-6-7-12(11(2)8-10)13-14-16(20)21-9-22-17(14)23(15(13)19)18(3,4)5/h6-9H,1-5H3,(H2,20,21,22). The van der Waals surface area contributed by atoms with Crippen molar-refractivity contribution in [2.75, 3.05) is 5.73 Å². The van der Waals surface area contributed by atoms with Gasteiger partial charge < -0.3 is 10.3 Å². The Kier molecular flexibility index (Phi) is 3.60. The Hall–Kier alpha value is -2.07. The number of benzene rings is 1. The van der Waals surface area contributed by atoms with Gasteiger partial charge >= 0.3 is 0 Å². The predicted octanol–water partition coefficient (Wildman–Crippen LogP) is 4.71. The van der Waals surface area contributed by atoms with E-state index in [1.165, 1.54) is 11.9 Å². The van der Waals surface area contributed by atoms with Crippen molar-refractivity contribution in [2.45, 2.75) is 40.2 Å². The first-order chi connectivity index (χ1) is 10.7. The van der Waals surface area contributed by atoms with Crippen molar-refractivity contribution < 1.29 is 0 Å². The Labute approximate surface area is 141 Å². The van der Waals surface area contributed by atoms with E-state index in [1.54, 1.807) is 0 Å². The van der Waals surface area contributed by atoms with E-state index in [2.05, 4.69) is 62.8 Å². The summed E-state index contributed by atoms with van der Waals surface area (Å²) in [5.74, 6) is 0.454. The highest BCUT2D eigenvalue weighted by Gasteiger charge is 2.27. The summed E-state index contributed by atoms with van der Waals surface area (Å²) in [5, 5.41) is 1.46. The second-order valence-electron chi connectivity index (χ2n) is 6.95. The van der Waals surface area contributed by atoms with Crippen LogP contribution in [0.2, 0.25) is 5.15 Å². The third-order valence-electron chi connectivity index (χ3n) is 4.04. The lowest BCUT2D eigenvalue weighted by molar-refractivity contribution is 0.409. The maximum atomic E-state index is 6.79. The van der Waals surface area contributed by atoms with Gasteiger partial charge in [0, 0.05) is 11.1 Å². The van der Waals surface area contributed by atoms with Gasteiger partial charge in [-0.15, -0.1) is 0 Å². The number of nitrogen functional groups attached to an aromatic ring is 1. The molecule has 2 heterocycles. The smallest absolute Gasteiger partial charge is 0.147 e. The number of aryl methyl sites for hydroxylation is 2. The number of fused-ring (bicyclic) bond motifs is 1. The van der Waals surface area contributed by atoms with Crippen LogP contribution < -0.4 is 5.73 Å². The summed E-state index contributed by atoms with van der Waals surface area (Å²) in [6.07, 6.45) is 1.49. The number of rotatable bonds is 1. The molecule has 1 aromatic carbocycles. The fraction of sp³-hybridized carbons (Fsp3) is 0.333. The average molecular weight is 329 g/mol. The van der Waals surface area contributed by atoms with Gasteiger partial charge in [0.25, 0.3) is 0 Å². The van der Waals surface area contributed by atoms with Crippen molar-refractivity contribution in [2.24, 2.45) is 0 Å². The number of halogens is 1. The van der Waals surface area contributed by atoms with Crippen LogP contribution in [0.25, 0.3) is 22.2 Å². The first kappa shape index (κ1) is 15.8. The van der Waals surface area contributed by atoms with Crippen LogP contribution >= 0.6 is 11.6 Å². The molecule has 0 spiro atoms. The van der Waals surface area contributed by atoms with Gasteiger partial charge in [-0.2, -0.15) is 0 Å². The molecule has 23 heavy (non-hydrogen) atoms. The lowest BCUT2D eigenvalue weighted by Crippen LogP contribution is -2.22. The van der Waals surface area contributed by atoms with Crippen LogP contribution in [0, 0.1) is 13.8 Å². The van der Waals surface area contributed by atoms with Crippen molar-refractivity contribution in [1.82, 2.24) is 14.5 Å². The van der Waals surface area contributed by atoms with Crippen LogP contribution in [0.3, 0.4) is 0 Å². The third kappa shape index (κ3) is 2.47. The Morgan fingerprint density at radius 1 is 1.13 bits per heavy atom. The summed E-state index contributed by atoms with van der Waals surface area (Å²) in [7, 11) is 0. The highest BCUT2D eigenvalue weighted by molar-refractivity contribution is 6.35. The van der Waals surface area contributed by atoms with Gasteiger partial charge in [-0.25, -0.2) is 9.97 Å². The Morgan fingerprint density at radius 3 is 2.43 bits per heavy atom. The average Bonchev–Trinajstić information content (AvgIpc) is 2.72. The van der Waals surface area contributed by atoms with E-state index in [1.807, 2.05) is 4.57 Å². The molecule has 0 radical (unpaired) electrons. The van der Waals surface area contributed by atoms with Gasteiger partial charge in [-0.05, 0) is 45.7 Å². The van der Waals surface area contributed by atoms with E-state index < -0.39 is 0 Å². The molecule has 4 nitrogen and oxygen atoms in total. The number of hydrogen-bond donors (Lipinski definition) is 1. The fourth-order valence-corrected chi connectivity index (χ4v) is 3.59. The molecule has 0 unspecified atom stereocenters. The van der Waals surface area contributed by atoms with Gasteiger partial charge in [0.15, 0.2) is 0 Å². The molecular formula is C18H21ClN4. The van der Waals surface area contributed by atoms with Gasteiger partial charge in [0.2, 0.25) is 0 Å². The van der Waals surface area contributed by atoms with Crippen LogP contribution in [0.15, 0.2) is 24.5 Å².